The maximum absolute atomic E-state index is 14.4. The van der Waals surface area contributed by atoms with Gasteiger partial charge < -0.3 is 9.84 Å². The molecular weight excluding hydrogens is 521 g/mol. The van der Waals surface area contributed by atoms with E-state index in [2.05, 4.69) is 0 Å². The van der Waals surface area contributed by atoms with Crippen LogP contribution in [0, 0.1) is 17.6 Å². The molecule has 0 unspecified atom stereocenters. The van der Waals surface area contributed by atoms with Crippen LogP contribution >= 0.6 is 0 Å². The second-order valence-corrected chi connectivity index (χ2v) is 10.4. The van der Waals surface area contributed by atoms with E-state index >= 15 is 0 Å². The van der Waals surface area contributed by atoms with Crippen LogP contribution in [-0.4, -0.2) is 32.1 Å². The minimum Gasteiger partial charge on any atom is -0.486 e. The molecule has 0 saturated carbocycles. The highest BCUT2D eigenvalue weighted by Gasteiger charge is 2.38. The molecule has 3 aromatic carbocycles. The summed E-state index contributed by atoms with van der Waals surface area (Å²) in [7, 11) is -4.63. The summed E-state index contributed by atoms with van der Waals surface area (Å²) in [6, 6.07) is 9.85. The highest BCUT2D eigenvalue weighted by molar-refractivity contribution is 7.92. The number of carboxylic acids is 1. The Morgan fingerprint density at radius 1 is 1.11 bits per heavy atom. The summed E-state index contributed by atoms with van der Waals surface area (Å²) >= 11 is 0. The molecule has 0 aliphatic carbocycles. The highest BCUT2D eigenvalue weighted by Crippen LogP contribution is 2.42. The molecule has 37 heavy (non-hydrogen) atoms. The number of sulfonamides is 1. The molecule has 1 aliphatic heterocycles. The van der Waals surface area contributed by atoms with Gasteiger partial charge in [0.25, 0.3) is 10.0 Å². The van der Waals surface area contributed by atoms with E-state index in [1.165, 1.54) is 25.1 Å². The van der Waals surface area contributed by atoms with Gasteiger partial charge in [0.1, 0.15) is 23.5 Å². The van der Waals surface area contributed by atoms with Gasteiger partial charge in [0.2, 0.25) is 0 Å². The number of ether oxygens (including phenoxy) is 1. The first-order valence-electron chi connectivity index (χ1n) is 11.0. The van der Waals surface area contributed by atoms with Crippen molar-refractivity contribution in [3.8, 4) is 16.9 Å². The summed E-state index contributed by atoms with van der Waals surface area (Å²) in [4.78, 5) is 10.7. The fraction of sp³-hybridized carbons (Fsp3) is 0.240. The Bertz CT molecular complexity index is 1460. The van der Waals surface area contributed by atoms with Gasteiger partial charge in [-0.15, -0.1) is 0 Å². The van der Waals surface area contributed by atoms with Crippen LogP contribution in [-0.2, 0) is 21.0 Å². The number of hydrogen-bond acceptors (Lipinski definition) is 4. The molecule has 6 nitrogen and oxygen atoms in total. The van der Waals surface area contributed by atoms with Gasteiger partial charge >= 0.3 is 12.1 Å². The van der Waals surface area contributed by atoms with Crippen molar-refractivity contribution in [2.75, 3.05) is 10.8 Å². The Kier molecular flexibility index (Phi) is 6.89. The number of carboxylic acid groups (broad SMARTS) is 1. The SMILES string of the molecule is C[C@H](C[C@H]1CN(S(=O)(=O)c2cccc(C(F)(F)F)c2)c2cc(-c3cc(F)ccc3F)ccc2O1)C(=O)O. The van der Waals surface area contributed by atoms with E-state index < -0.39 is 62.8 Å². The van der Waals surface area contributed by atoms with Crippen molar-refractivity contribution in [1.82, 2.24) is 0 Å². The molecule has 1 heterocycles. The van der Waals surface area contributed by atoms with E-state index in [-0.39, 0.29) is 29.0 Å². The Morgan fingerprint density at radius 2 is 1.84 bits per heavy atom. The van der Waals surface area contributed by atoms with Crippen LogP contribution < -0.4 is 9.04 Å². The Balaban J connectivity index is 1.84. The first kappa shape index (κ1) is 26.4. The smallest absolute Gasteiger partial charge is 0.416 e. The number of alkyl halides is 3. The van der Waals surface area contributed by atoms with E-state index in [0.717, 1.165) is 40.7 Å². The molecule has 0 radical (unpaired) electrons. The maximum atomic E-state index is 14.4. The first-order chi connectivity index (χ1) is 17.3. The zero-order valence-corrected chi connectivity index (χ0v) is 20.0. The van der Waals surface area contributed by atoms with Crippen molar-refractivity contribution in [1.29, 1.82) is 0 Å². The highest BCUT2D eigenvalue weighted by atomic mass is 32.2. The van der Waals surface area contributed by atoms with Gasteiger partial charge in [0, 0.05) is 5.56 Å². The molecule has 0 aromatic heterocycles. The van der Waals surface area contributed by atoms with Gasteiger partial charge in [0.05, 0.1) is 28.6 Å². The Hall–Kier alpha value is -3.67. The minimum atomic E-state index is -4.80. The molecule has 12 heteroatoms. The predicted octanol–water partition coefficient (Wildman–Crippen LogP) is 5.72. The van der Waals surface area contributed by atoms with Crippen LogP contribution in [0.4, 0.5) is 27.6 Å². The molecule has 1 aliphatic rings. The van der Waals surface area contributed by atoms with Crippen molar-refractivity contribution < 1.29 is 45.0 Å². The molecule has 1 N–H and O–H groups in total. The van der Waals surface area contributed by atoms with Gasteiger partial charge in [0.15, 0.2) is 0 Å². The van der Waals surface area contributed by atoms with Crippen LogP contribution in [0.25, 0.3) is 11.1 Å². The number of carbonyl (C=O) groups is 1. The molecule has 0 fully saturated rings. The lowest BCUT2D eigenvalue weighted by molar-refractivity contribution is -0.142. The van der Waals surface area contributed by atoms with Crippen LogP contribution in [0.5, 0.6) is 5.75 Å². The van der Waals surface area contributed by atoms with Crippen molar-refractivity contribution in [3.63, 3.8) is 0 Å². The number of hydrogen-bond donors (Lipinski definition) is 1. The molecule has 0 saturated heterocycles. The second kappa shape index (κ2) is 9.66. The summed E-state index contributed by atoms with van der Waals surface area (Å²) in [5.41, 5.74) is -1.35. The number of benzene rings is 3. The molecule has 2 atom stereocenters. The molecule has 196 valence electrons. The van der Waals surface area contributed by atoms with Crippen molar-refractivity contribution in [3.05, 3.63) is 77.9 Å². The third-order valence-corrected chi connectivity index (χ3v) is 7.69. The largest absolute Gasteiger partial charge is 0.486 e. The second-order valence-electron chi connectivity index (χ2n) is 8.58. The summed E-state index contributed by atoms with van der Waals surface area (Å²) in [5, 5.41) is 9.27. The lowest BCUT2D eigenvalue weighted by Crippen LogP contribution is -2.44. The van der Waals surface area contributed by atoms with E-state index in [1.54, 1.807) is 0 Å². The maximum Gasteiger partial charge on any atom is 0.416 e. The summed E-state index contributed by atoms with van der Waals surface area (Å²) in [6.45, 7) is 0.987. The quantitative estimate of drug-likeness (QED) is 0.404. The van der Waals surface area contributed by atoms with Gasteiger partial charge in [-0.05, 0) is 60.5 Å². The Morgan fingerprint density at radius 3 is 2.51 bits per heavy atom. The van der Waals surface area contributed by atoms with Crippen molar-refractivity contribution >= 4 is 21.7 Å². The predicted molar refractivity (Wildman–Crippen MR) is 124 cm³/mol. The summed E-state index contributed by atoms with van der Waals surface area (Å²) < 4.78 is 102. The average molecular weight is 541 g/mol. The lowest BCUT2D eigenvalue weighted by atomic mass is 10.0. The van der Waals surface area contributed by atoms with Crippen LogP contribution in [0.3, 0.4) is 0 Å². The lowest BCUT2D eigenvalue weighted by Gasteiger charge is -2.36. The third kappa shape index (κ3) is 5.38. The molecule has 4 rings (SSSR count). The molecular formula is C25H20F5NO5S. The van der Waals surface area contributed by atoms with Crippen molar-refractivity contribution in [2.24, 2.45) is 5.92 Å². The number of rotatable bonds is 6. The Labute approximate surface area is 209 Å². The first-order valence-corrected chi connectivity index (χ1v) is 12.4. The number of halogens is 5. The minimum absolute atomic E-state index is 0.00930. The third-order valence-electron chi connectivity index (χ3n) is 5.92. The average Bonchev–Trinajstić information content (AvgIpc) is 2.84. The standard InChI is InChI=1S/C25H20F5NO5S/c1-14(24(32)33)9-18-13-31(37(34,35)19-4-2-3-16(11-19)25(28,29)30)22-10-15(5-8-23(22)36-18)20-12-17(26)6-7-21(20)27/h2-8,10-12,14,18H,9,13H2,1H3,(H,32,33)/t14-,18+/m1/s1. The number of nitrogens with zero attached hydrogens (tertiary/aromatic N) is 1. The van der Waals surface area contributed by atoms with Crippen LogP contribution in [0.15, 0.2) is 65.6 Å². The summed E-state index contributed by atoms with van der Waals surface area (Å²) in [6.07, 6.45) is -5.84. The van der Waals surface area contributed by atoms with E-state index in [9.17, 15) is 40.3 Å². The van der Waals surface area contributed by atoms with Gasteiger partial charge in [-0.1, -0.05) is 19.1 Å². The molecule has 0 amide bonds. The molecule has 0 spiro atoms. The number of fused-ring (bicyclic) bond motifs is 1. The van der Waals surface area contributed by atoms with Crippen LogP contribution in [0.2, 0.25) is 0 Å². The van der Waals surface area contributed by atoms with Gasteiger partial charge in [-0.3, -0.25) is 9.10 Å². The van der Waals surface area contributed by atoms with E-state index in [0.29, 0.717) is 6.07 Å². The zero-order valence-electron chi connectivity index (χ0n) is 19.2. The number of aliphatic carboxylic acids is 1. The summed E-state index contributed by atoms with van der Waals surface area (Å²) in [5.74, 6) is -3.58. The molecule has 3 aromatic rings. The topological polar surface area (TPSA) is 83.9 Å². The number of anilines is 1. The zero-order chi connectivity index (χ0) is 27.1. The van der Waals surface area contributed by atoms with Crippen LogP contribution in [0.1, 0.15) is 18.9 Å². The monoisotopic (exact) mass is 541 g/mol. The van der Waals surface area contributed by atoms with Gasteiger partial charge in [-0.25, -0.2) is 17.2 Å². The van der Waals surface area contributed by atoms with Crippen molar-refractivity contribution in [2.45, 2.75) is 30.5 Å². The fourth-order valence-electron chi connectivity index (χ4n) is 4.00. The van der Waals surface area contributed by atoms with E-state index in [4.69, 9.17) is 4.74 Å². The normalized spacial score (nSPS) is 16.6. The fourth-order valence-corrected chi connectivity index (χ4v) is 5.55. The van der Waals surface area contributed by atoms with E-state index in [1.807, 2.05) is 0 Å². The molecule has 0 bridgehead atoms. The van der Waals surface area contributed by atoms with Gasteiger partial charge in [-0.2, -0.15) is 13.2 Å².